The predicted octanol–water partition coefficient (Wildman–Crippen LogP) is 1.35. The summed E-state index contributed by atoms with van der Waals surface area (Å²) in [7, 11) is 2.98. The van der Waals surface area contributed by atoms with Gasteiger partial charge in [0.2, 0.25) is 0 Å². The van der Waals surface area contributed by atoms with Crippen molar-refractivity contribution in [3.63, 3.8) is 0 Å². The lowest BCUT2D eigenvalue weighted by Crippen LogP contribution is -2.44. The Hall–Kier alpha value is -3.42. The Morgan fingerprint density at radius 2 is 1.75 bits per heavy atom. The SMILES string of the molecule is Cn1c2c(c(=O)n(C)c1=O)C(c1ccc(C(=O)O)cc1)C1=C(CCCC1=O)N2. The third-order valence-corrected chi connectivity index (χ3v) is 5.49. The Balaban J connectivity index is 2.03. The van der Waals surface area contributed by atoms with Crippen molar-refractivity contribution in [1.29, 1.82) is 0 Å². The molecule has 1 aliphatic heterocycles. The molecule has 1 aliphatic carbocycles. The van der Waals surface area contributed by atoms with E-state index in [1.807, 2.05) is 0 Å². The summed E-state index contributed by atoms with van der Waals surface area (Å²) >= 11 is 0. The molecule has 0 saturated heterocycles. The number of hydrogen-bond acceptors (Lipinski definition) is 5. The minimum atomic E-state index is -1.05. The molecule has 8 heteroatoms. The summed E-state index contributed by atoms with van der Waals surface area (Å²) in [4.78, 5) is 49.4. The number of benzene rings is 1. The summed E-state index contributed by atoms with van der Waals surface area (Å²) in [6.07, 6.45) is 1.74. The number of Topliss-reactive ketones (excluding diaryl/α,β-unsaturated/α-hetero) is 1. The lowest BCUT2D eigenvalue weighted by molar-refractivity contribution is -0.116. The number of carbonyl (C=O) groups excluding carboxylic acids is 1. The van der Waals surface area contributed by atoms with Crippen molar-refractivity contribution >= 4 is 17.6 Å². The van der Waals surface area contributed by atoms with E-state index in [0.29, 0.717) is 41.8 Å². The highest BCUT2D eigenvalue weighted by Crippen LogP contribution is 2.43. The maximum absolute atomic E-state index is 13.0. The van der Waals surface area contributed by atoms with Crippen LogP contribution >= 0.6 is 0 Å². The minimum Gasteiger partial charge on any atom is -0.478 e. The van der Waals surface area contributed by atoms with Gasteiger partial charge in [-0.3, -0.25) is 18.7 Å². The number of hydrogen-bond donors (Lipinski definition) is 2. The van der Waals surface area contributed by atoms with Crippen LogP contribution in [0.3, 0.4) is 0 Å². The first-order valence-electron chi connectivity index (χ1n) is 8.97. The van der Waals surface area contributed by atoms with Crippen LogP contribution in [0.15, 0.2) is 45.1 Å². The Kier molecular flexibility index (Phi) is 4.06. The van der Waals surface area contributed by atoms with Crippen LogP contribution in [0, 0.1) is 0 Å². The molecule has 2 aromatic rings. The van der Waals surface area contributed by atoms with Crippen LogP contribution in [-0.2, 0) is 18.9 Å². The third kappa shape index (κ3) is 2.52. The topological polar surface area (TPSA) is 110 Å². The average Bonchev–Trinajstić information content (AvgIpc) is 2.69. The molecule has 0 fully saturated rings. The quantitative estimate of drug-likeness (QED) is 0.812. The Labute approximate surface area is 159 Å². The number of nitrogens with one attached hydrogen (secondary N) is 1. The number of fused-ring (bicyclic) bond motifs is 1. The molecule has 0 bridgehead atoms. The number of aromatic nitrogens is 2. The summed E-state index contributed by atoms with van der Waals surface area (Å²) in [6.45, 7) is 0. The maximum atomic E-state index is 13.0. The monoisotopic (exact) mass is 381 g/mol. The number of aromatic carboxylic acids is 1. The lowest BCUT2D eigenvalue weighted by Gasteiger charge is -2.34. The second-order valence-corrected chi connectivity index (χ2v) is 7.12. The second kappa shape index (κ2) is 6.33. The molecule has 4 rings (SSSR count). The van der Waals surface area contributed by atoms with Crippen molar-refractivity contribution in [3.05, 3.63) is 73.1 Å². The first-order chi connectivity index (χ1) is 13.3. The summed E-state index contributed by atoms with van der Waals surface area (Å²) in [5.41, 5.74) is 1.41. The van der Waals surface area contributed by atoms with E-state index in [0.717, 1.165) is 10.3 Å². The van der Waals surface area contributed by atoms with Gasteiger partial charge in [-0.05, 0) is 30.5 Å². The number of allylic oxidation sites excluding steroid dienone is 2. The summed E-state index contributed by atoms with van der Waals surface area (Å²) in [5, 5.41) is 12.3. The van der Waals surface area contributed by atoms with Crippen molar-refractivity contribution in [2.45, 2.75) is 25.2 Å². The normalized spacial score (nSPS) is 18.4. The molecule has 2 aliphatic rings. The van der Waals surface area contributed by atoms with Gasteiger partial charge in [0, 0.05) is 37.7 Å². The number of anilines is 1. The summed E-state index contributed by atoms with van der Waals surface area (Å²) < 4.78 is 2.40. The number of carboxylic acids is 1. The zero-order valence-corrected chi connectivity index (χ0v) is 15.5. The number of carbonyl (C=O) groups is 2. The van der Waals surface area contributed by atoms with E-state index in [1.165, 1.54) is 23.7 Å². The van der Waals surface area contributed by atoms with Crippen molar-refractivity contribution in [2.75, 3.05) is 5.32 Å². The van der Waals surface area contributed by atoms with Gasteiger partial charge in [0.15, 0.2) is 5.78 Å². The molecule has 1 atom stereocenters. The van der Waals surface area contributed by atoms with Gasteiger partial charge in [0.25, 0.3) is 5.56 Å². The fourth-order valence-corrected chi connectivity index (χ4v) is 4.05. The smallest absolute Gasteiger partial charge is 0.335 e. The molecule has 8 nitrogen and oxygen atoms in total. The zero-order valence-electron chi connectivity index (χ0n) is 15.5. The summed E-state index contributed by atoms with van der Waals surface area (Å²) in [6, 6.07) is 6.17. The molecule has 0 spiro atoms. The number of nitrogens with zero attached hydrogens (tertiary/aromatic N) is 2. The van der Waals surface area contributed by atoms with Gasteiger partial charge in [0.05, 0.1) is 11.1 Å². The minimum absolute atomic E-state index is 0.0392. The Bertz CT molecular complexity index is 1170. The van der Waals surface area contributed by atoms with Crippen LogP contribution in [0.25, 0.3) is 0 Å². The molecule has 0 saturated carbocycles. The van der Waals surface area contributed by atoms with Gasteiger partial charge in [0.1, 0.15) is 5.82 Å². The van der Waals surface area contributed by atoms with Gasteiger partial charge in [-0.15, -0.1) is 0 Å². The van der Waals surface area contributed by atoms with Crippen molar-refractivity contribution in [1.82, 2.24) is 9.13 Å². The maximum Gasteiger partial charge on any atom is 0.335 e. The standard InChI is InChI=1S/C20H19N3O5/c1-22-17-16(18(25)23(2)20(22)28)14(10-6-8-11(9-7-10)19(26)27)15-12(21-17)4-3-5-13(15)24/h6-9,14,21H,3-5H2,1-2H3,(H,26,27). The highest BCUT2D eigenvalue weighted by molar-refractivity contribution is 6.01. The molecular formula is C20H19N3O5. The van der Waals surface area contributed by atoms with Crippen LogP contribution in [0.5, 0.6) is 0 Å². The number of carboxylic acid groups (broad SMARTS) is 1. The zero-order chi connectivity index (χ0) is 20.2. The van der Waals surface area contributed by atoms with Gasteiger partial charge in [-0.25, -0.2) is 9.59 Å². The van der Waals surface area contributed by atoms with Gasteiger partial charge < -0.3 is 10.4 Å². The molecule has 0 amide bonds. The molecule has 1 aromatic carbocycles. The predicted molar refractivity (Wildman–Crippen MR) is 102 cm³/mol. The van der Waals surface area contributed by atoms with Crippen LogP contribution < -0.4 is 16.6 Å². The van der Waals surface area contributed by atoms with Crippen molar-refractivity contribution in [3.8, 4) is 0 Å². The van der Waals surface area contributed by atoms with E-state index >= 15 is 0 Å². The Morgan fingerprint density at radius 3 is 2.39 bits per heavy atom. The van der Waals surface area contributed by atoms with E-state index in [4.69, 9.17) is 5.11 Å². The van der Waals surface area contributed by atoms with Gasteiger partial charge in [-0.1, -0.05) is 12.1 Å². The molecule has 1 aromatic heterocycles. The van der Waals surface area contributed by atoms with Crippen molar-refractivity contribution < 1.29 is 14.7 Å². The second-order valence-electron chi connectivity index (χ2n) is 7.12. The molecular weight excluding hydrogens is 362 g/mol. The highest BCUT2D eigenvalue weighted by atomic mass is 16.4. The van der Waals surface area contributed by atoms with E-state index in [9.17, 15) is 19.2 Å². The van der Waals surface area contributed by atoms with Crippen LogP contribution in [0.1, 0.15) is 46.7 Å². The van der Waals surface area contributed by atoms with E-state index in [2.05, 4.69) is 5.32 Å². The summed E-state index contributed by atoms with van der Waals surface area (Å²) in [5.74, 6) is -1.35. The molecule has 28 heavy (non-hydrogen) atoms. The van der Waals surface area contributed by atoms with Crippen LogP contribution in [-0.4, -0.2) is 26.0 Å². The first-order valence-corrected chi connectivity index (χ1v) is 8.97. The molecule has 2 N–H and O–H groups in total. The molecule has 144 valence electrons. The van der Waals surface area contributed by atoms with Crippen molar-refractivity contribution in [2.24, 2.45) is 14.1 Å². The fourth-order valence-electron chi connectivity index (χ4n) is 4.05. The first kappa shape index (κ1) is 18.0. The largest absolute Gasteiger partial charge is 0.478 e. The van der Waals surface area contributed by atoms with Crippen LogP contribution in [0.2, 0.25) is 0 Å². The lowest BCUT2D eigenvalue weighted by atomic mass is 9.76. The molecule has 2 heterocycles. The molecule has 0 radical (unpaired) electrons. The Morgan fingerprint density at radius 1 is 1.07 bits per heavy atom. The van der Waals surface area contributed by atoms with Gasteiger partial charge in [-0.2, -0.15) is 0 Å². The van der Waals surface area contributed by atoms with E-state index in [-0.39, 0.29) is 11.3 Å². The van der Waals surface area contributed by atoms with E-state index < -0.39 is 23.1 Å². The molecule has 1 unspecified atom stereocenters. The number of ketones is 1. The number of rotatable bonds is 2. The van der Waals surface area contributed by atoms with E-state index in [1.54, 1.807) is 19.2 Å². The van der Waals surface area contributed by atoms with Crippen LogP contribution in [0.4, 0.5) is 5.82 Å². The average molecular weight is 381 g/mol. The third-order valence-electron chi connectivity index (χ3n) is 5.49. The van der Waals surface area contributed by atoms with Gasteiger partial charge >= 0.3 is 11.7 Å². The highest BCUT2D eigenvalue weighted by Gasteiger charge is 2.38. The fraction of sp³-hybridized carbons (Fsp3) is 0.300.